The van der Waals surface area contributed by atoms with Gasteiger partial charge in [0.05, 0.1) is 0 Å². The molecule has 2 rings (SSSR count). The minimum atomic E-state index is 0.834. The summed E-state index contributed by atoms with van der Waals surface area (Å²) < 4.78 is 0. The Hall–Kier alpha value is -0.0400. The fourth-order valence-electron chi connectivity index (χ4n) is 4.02. The van der Waals surface area contributed by atoms with E-state index in [9.17, 15) is 0 Å². The summed E-state index contributed by atoms with van der Waals surface area (Å²) in [5.74, 6) is 1.97. The van der Waals surface area contributed by atoms with Gasteiger partial charge in [0.1, 0.15) is 0 Å². The second-order valence-corrected chi connectivity index (χ2v) is 5.96. The lowest BCUT2D eigenvalue weighted by molar-refractivity contribution is 0.229. The van der Waals surface area contributed by atoms with Gasteiger partial charge in [-0.1, -0.05) is 44.9 Å². The van der Waals surface area contributed by atoms with Crippen LogP contribution in [0.5, 0.6) is 0 Å². The highest BCUT2D eigenvalue weighted by atomic mass is 14.9. The zero-order valence-electron chi connectivity index (χ0n) is 11.0. The molecule has 0 bridgehead atoms. The average Bonchev–Trinajstić information content (AvgIpc) is 2.75. The van der Waals surface area contributed by atoms with E-state index in [2.05, 4.69) is 12.4 Å². The van der Waals surface area contributed by atoms with Crippen molar-refractivity contribution in [1.82, 2.24) is 5.32 Å². The van der Waals surface area contributed by atoms with E-state index in [0.29, 0.717) is 0 Å². The van der Waals surface area contributed by atoms with Crippen molar-refractivity contribution in [2.24, 2.45) is 11.8 Å². The fourth-order valence-corrected chi connectivity index (χ4v) is 4.02. The average molecular weight is 223 g/mol. The van der Waals surface area contributed by atoms with Crippen LogP contribution >= 0.6 is 0 Å². The van der Waals surface area contributed by atoms with Gasteiger partial charge >= 0.3 is 0 Å². The molecule has 2 saturated carbocycles. The lowest BCUT2D eigenvalue weighted by Gasteiger charge is -2.33. The smallest absolute Gasteiger partial charge is 0.0121 e. The highest BCUT2D eigenvalue weighted by molar-refractivity contribution is 4.85. The molecule has 0 heterocycles. The van der Waals surface area contributed by atoms with Crippen molar-refractivity contribution in [3.63, 3.8) is 0 Å². The Labute approximate surface area is 101 Å². The Balaban J connectivity index is 1.89. The first-order valence-electron chi connectivity index (χ1n) is 7.59. The van der Waals surface area contributed by atoms with Crippen LogP contribution in [0.2, 0.25) is 0 Å². The molecule has 1 atom stereocenters. The van der Waals surface area contributed by atoms with E-state index in [1.165, 1.54) is 70.6 Å². The van der Waals surface area contributed by atoms with E-state index in [0.717, 1.165) is 17.9 Å². The van der Waals surface area contributed by atoms with Crippen LogP contribution < -0.4 is 5.32 Å². The molecular weight excluding hydrogens is 194 g/mol. The molecule has 2 aliphatic rings. The molecule has 0 saturated heterocycles. The lowest BCUT2D eigenvalue weighted by Crippen LogP contribution is -2.39. The van der Waals surface area contributed by atoms with Crippen LogP contribution in [0.4, 0.5) is 0 Å². The maximum absolute atomic E-state index is 3.66. The van der Waals surface area contributed by atoms with Crippen LogP contribution in [0.25, 0.3) is 0 Å². The SMILES string of the molecule is CNC(C1CCCCCCC1)C1CCCC1. The van der Waals surface area contributed by atoms with Crippen LogP contribution in [0.1, 0.15) is 70.6 Å². The van der Waals surface area contributed by atoms with Crippen molar-refractivity contribution >= 4 is 0 Å². The van der Waals surface area contributed by atoms with Crippen molar-refractivity contribution in [3.8, 4) is 0 Å². The Kier molecular flexibility index (Phi) is 5.15. The molecule has 94 valence electrons. The zero-order valence-corrected chi connectivity index (χ0v) is 11.0. The monoisotopic (exact) mass is 223 g/mol. The predicted octanol–water partition coefficient (Wildman–Crippen LogP) is 4.13. The van der Waals surface area contributed by atoms with Gasteiger partial charge in [0, 0.05) is 6.04 Å². The fraction of sp³-hybridized carbons (Fsp3) is 1.00. The van der Waals surface area contributed by atoms with Gasteiger partial charge in [0.25, 0.3) is 0 Å². The third-order valence-electron chi connectivity index (χ3n) is 4.90. The van der Waals surface area contributed by atoms with Gasteiger partial charge in [0.15, 0.2) is 0 Å². The lowest BCUT2D eigenvalue weighted by atomic mass is 9.79. The summed E-state index contributed by atoms with van der Waals surface area (Å²) in [5, 5.41) is 3.66. The van der Waals surface area contributed by atoms with Crippen molar-refractivity contribution in [2.45, 2.75) is 76.7 Å². The van der Waals surface area contributed by atoms with Gasteiger partial charge < -0.3 is 5.32 Å². The minimum Gasteiger partial charge on any atom is -0.316 e. The van der Waals surface area contributed by atoms with E-state index in [1.54, 1.807) is 0 Å². The third-order valence-corrected chi connectivity index (χ3v) is 4.90. The molecule has 1 N–H and O–H groups in total. The topological polar surface area (TPSA) is 12.0 Å². The van der Waals surface area contributed by atoms with Crippen LogP contribution in [0.15, 0.2) is 0 Å². The number of nitrogens with one attached hydrogen (secondary N) is 1. The van der Waals surface area contributed by atoms with Crippen LogP contribution in [-0.4, -0.2) is 13.1 Å². The maximum atomic E-state index is 3.66. The molecule has 2 aliphatic carbocycles. The van der Waals surface area contributed by atoms with Crippen LogP contribution in [0.3, 0.4) is 0 Å². The van der Waals surface area contributed by atoms with Gasteiger partial charge in [0.2, 0.25) is 0 Å². The van der Waals surface area contributed by atoms with Crippen molar-refractivity contribution in [1.29, 1.82) is 0 Å². The molecule has 0 amide bonds. The van der Waals surface area contributed by atoms with Crippen molar-refractivity contribution < 1.29 is 0 Å². The summed E-state index contributed by atoms with van der Waals surface area (Å²) in [6.45, 7) is 0. The molecule has 0 spiro atoms. The highest BCUT2D eigenvalue weighted by Gasteiger charge is 2.30. The summed E-state index contributed by atoms with van der Waals surface area (Å²) in [6, 6.07) is 0.834. The Morgan fingerprint density at radius 3 is 1.50 bits per heavy atom. The van der Waals surface area contributed by atoms with Gasteiger partial charge in [-0.25, -0.2) is 0 Å². The summed E-state index contributed by atoms with van der Waals surface area (Å²) in [4.78, 5) is 0. The molecule has 0 aromatic carbocycles. The number of hydrogen-bond acceptors (Lipinski definition) is 1. The second-order valence-electron chi connectivity index (χ2n) is 5.96. The number of rotatable bonds is 3. The largest absolute Gasteiger partial charge is 0.316 e. The van der Waals surface area contributed by atoms with E-state index < -0.39 is 0 Å². The standard InChI is InChI=1S/C15H29N/c1-16-15(14-11-7-8-12-14)13-9-5-3-2-4-6-10-13/h13-16H,2-12H2,1H3. The van der Waals surface area contributed by atoms with Crippen LogP contribution in [0, 0.1) is 11.8 Å². The van der Waals surface area contributed by atoms with Gasteiger partial charge in [-0.05, 0) is 44.6 Å². The van der Waals surface area contributed by atoms with Crippen molar-refractivity contribution in [3.05, 3.63) is 0 Å². The molecule has 16 heavy (non-hydrogen) atoms. The summed E-state index contributed by atoms with van der Waals surface area (Å²) >= 11 is 0. The zero-order chi connectivity index (χ0) is 11.2. The Morgan fingerprint density at radius 2 is 1.06 bits per heavy atom. The van der Waals surface area contributed by atoms with E-state index >= 15 is 0 Å². The molecule has 0 aliphatic heterocycles. The molecular formula is C15H29N. The van der Waals surface area contributed by atoms with E-state index in [1.807, 2.05) is 0 Å². The minimum absolute atomic E-state index is 0.834. The molecule has 2 fully saturated rings. The summed E-state index contributed by atoms with van der Waals surface area (Å²) in [6.07, 6.45) is 16.3. The highest BCUT2D eigenvalue weighted by Crippen LogP contribution is 2.35. The Morgan fingerprint density at radius 1 is 0.688 bits per heavy atom. The van der Waals surface area contributed by atoms with Gasteiger partial charge in [-0.15, -0.1) is 0 Å². The first-order chi connectivity index (χ1) is 7.92. The second kappa shape index (κ2) is 6.64. The normalized spacial score (nSPS) is 27.6. The molecule has 0 radical (unpaired) electrons. The summed E-state index contributed by atoms with van der Waals surface area (Å²) in [7, 11) is 2.20. The summed E-state index contributed by atoms with van der Waals surface area (Å²) in [5.41, 5.74) is 0. The first kappa shape index (κ1) is 12.4. The Bertz CT molecular complexity index is 176. The van der Waals surface area contributed by atoms with Crippen molar-refractivity contribution in [2.75, 3.05) is 7.05 Å². The first-order valence-corrected chi connectivity index (χ1v) is 7.59. The third kappa shape index (κ3) is 3.23. The number of hydrogen-bond donors (Lipinski definition) is 1. The van der Waals surface area contributed by atoms with Gasteiger partial charge in [-0.3, -0.25) is 0 Å². The quantitative estimate of drug-likeness (QED) is 0.758. The van der Waals surface area contributed by atoms with E-state index in [4.69, 9.17) is 0 Å². The molecule has 1 unspecified atom stereocenters. The maximum Gasteiger partial charge on any atom is 0.0121 e. The molecule has 1 nitrogen and oxygen atoms in total. The molecule has 1 heteroatoms. The molecule has 0 aromatic heterocycles. The predicted molar refractivity (Wildman–Crippen MR) is 70.6 cm³/mol. The molecule has 0 aromatic rings. The van der Waals surface area contributed by atoms with E-state index in [-0.39, 0.29) is 0 Å². The van der Waals surface area contributed by atoms with Gasteiger partial charge in [-0.2, -0.15) is 0 Å². The van der Waals surface area contributed by atoms with Crippen LogP contribution in [-0.2, 0) is 0 Å².